The molecule has 10 heteroatoms. The van der Waals surface area contributed by atoms with Gasteiger partial charge in [0.05, 0.1) is 22.4 Å². The van der Waals surface area contributed by atoms with Gasteiger partial charge in [0.2, 0.25) is 5.95 Å². The number of rotatable bonds is 5. The zero-order chi connectivity index (χ0) is 24.8. The molecule has 1 aromatic heterocycles. The largest absolute Gasteiger partial charge is 0.369 e. The summed E-state index contributed by atoms with van der Waals surface area (Å²) in [5.74, 6) is 0.751. The molecule has 0 radical (unpaired) electrons. The molecule has 1 saturated heterocycles. The summed E-state index contributed by atoms with van der Waals surface area (Å²) in [5, 5.41) is 4.10. The van der Waals surface area contributed by atoms with Crippen LogP contribution in [-0.2, 0) is 0 Å². The molecule has 0 atom stereocenters. The van der Waals surface area contributed by atoms with E-state index in [9.17, 15) is 4.79 Å². The third-order valence-corrected chi connectivity index (χ3v) is 7.64. The fourth-order valence-corrected chi connectivity index (χ4v) is 5.55. The number of aromatic nitrogens is 2. The average molecular weight is 524 g/mol. The second-order valence-corrected chi connectivity index (χ2v) is 10.3. The minimum atomic E-state index is -0.240. The molecule has 0 unspecified atom stereocenters. The summed E-state index contributed by atoms with van der Waals surface area (Å²) in [4.78, 5) is 30.8. The number of para-hydroxylation sites is 1. The van der Waals surface area contributed by atoms with E-state index in [2.05, 4.69) is 37.2 Å². The number of amides is 1. The molecule has 2 fully saturated rings. The van der Waals surface area contributed by atoms with Crippen molar-refractivity contribution in [2.24, 2.45) is 0 Å². The molecule has 1 N–H and O–H groups in total. The van der Waals surface area contributed by atoms with Crippen LogP contribution in [0.5, 0.6) is 0 Å². The van der Waals surface area contributed by atoms with Gasteiger partial charge in [-0.05, 0) is 49.2 Å². The maximum Gasteiger partial charge on any atom is 0.265 e. The molecule has 1 saturated carbocycles. The van der Waals surface area contributed by atoms with Gasteiger partial charge >= 0.3 is 0 Å². The van der Waals surface area contributed by atoms with E-state index in [-0.39, 0.29) is 12.6 Å². The number of halogens is 2. The van der Waals surface area contributed by atoms with Crippen LogP contribution in [0.1, 0.15) is 23.2 Å². The first-order chi connectivity index (χ1) is 17.5. The van der Waals surface area contributed by atoms with Gasteiger partial charge in [-0.15, -0.1) is 0 Å². The first kappa shape index (κ1) is 23.3. The summed E-state index contributed by atoms with van der Waals surface area (Å²) in [7, 11) is 1.87. The molecule has 0 spiro atoms. The van der Waals surface area contributed by atoms with Crippen LogP contribution in [-0.4, -0.2) is 66.7 Å². The van der Waals surface area contributed by atoms with E-state index in [4.69, 9.17) is 23.2 Å². The molecule has 36 heavy (non-hydrogen) atoms. The third kappa shape index (κ3) is 4.45. The van der Waals surface area contributed by atoms with Crippen molar-refractivity contribution in [3.63, 3.8) is 0 Å². The lowest BCUT2D eigenvalue weighted by molar-refractivity contribution is 0.0982. The summed E-state index contributed by atoms with van der Waals surface area (Å²) in [5.41, 5.74) is 3.00. The van der Waals surface area contributed by atoms with Gasteiger partial charge in [-0.1, -0.05) is 29.3 Å². The van der Waals surface area contributed by atoms with E-state index >= 15 is 0 Å². The van der Waals surface area contributed by atoms with Crippen LogP contribution in [0.25, 0.3) is 0 Å². The Kier molecular flexibility index (Phi) is 6.11. The number of nitrogens with zero attached hydrogens (tertiary/aromatic N) is 6. The molecular formula is C26H27Cl2N7O. The number of hydrogen-bond donors (Lipinski definition) is 1. The van der Waals surface area contributed by atoms with Crippen LogP contribution in [0, 0.1) is 0 Å². The van der Waals surface area contributed by atoms with E-state index in [0.29, 0.717) is 33.1 Å². The minimum absolute atomic E-state index is 0.240. The molecule has 3 aliphatic rings. The molecular weight excluding hydrogens is 497 g/mol. The minimum Gasteiger partial charge on any atom is -0.369 e. The maximum absolute atomic E-state index is 13.3. The van der Waals surface area contributed by atoms with Gasteiger partial charge in [0.15, 0.2) is 0 Å². The smallest absolute Gasteiger partial charge is 0.265 e. The van der Waals surface area contributed by atoms with Crippen LogP contribution < -0.4 is 20.0 Å². The van der Waals surface area contributed by atoms with Gasteiger partial charge in [0.1, 0.15) is 11.4 Å². The number of carbonyl (C=O) groups excluding carboxylic acids is 1. The van der Waals surface area contributed by atoms with E-state index in [1.165, 1.54) is 18.5 Å². The summed E-state index contributed by atoms with van der Waals surface area (Å²) < 4.78 is 0. The lowest BCUT2D eigenvalue weighted by Gasteiger charge is -2.36. The van der Waals surface area contributed by atoms with Crippen LogP contribution in [0.15, 0.2) is 48.7 Å². The quantitative estimate of drug-likeness (QED) is 0.511. The van der Waals surface area contributed by atoms with Gasteiger partial charge in [-0.25, -0.2) is 4.98 Å². The molecule has 1 aliphatic carbocycles. The number of fused-ring (bicyclic) bond motifs is 1. The standard InChI is InChI=1S/C26H27Cl2N7O/c1-32-16-35(23-21(27)3-2-4-22(23)28)25(36)20-15-29-26(31-24(20)32)30-17-5-7-18(8-6-17)33-11-13-34(14-12-33)19-9-10-19/h2-8,15,19H,9-14,16H2,1H3,(H,29,30,31). The zero-order valence-corrected chi connectivity index (χ0v) is 21.5. The Labute approximate surface area is 220 Å². The molecule has 2 aliphatic heterocycles. The number of hydrogen-bond acceptors (Lipinski definition) is 7. The van der Waals surface area contributed by atoms with E-state index in [1.807, 2.05) is 24.1 Å². The lowest BCUT2D eigenvalue weighted by Crippen LogP contribution is -2.47. The van der Waals surface area contributed by atoms with Crippen molar-refractivity contribution in [1.29, 1.82) is 0 Å². The van der Waals surface area contributed by atoms with E-state index in [1.54, 1.807) is 29.3 Å². The highest BCUT2D eigenvalue weighted by Crippen LogP contribution is 2.37. The molecule has 8 nitrogen and oxygen atoms in total. The predicted octanol–water partition coefficient (Wildman–Crippen LogP) is 4.87. The summed E-state index contributed by atoms with van der Waals surface area (Å²) in [6.45, 7) is 4.68. The van der Waals surface area contributed by atoms with Gasteiger partial charge < -0.3 is 15.1 Å². The van der Waals surface area contributed by atoms with Crippen LogP contribution in [0.4, 0.5) is 28.8 Å². The zero-order valence-electron chi connectivity index (χ0n) is 20.0. The number of carbonyl (C=O) groups is 1. The molecule has 6 rings (SSSR count). The Morgan fingerprint density at radius 2 is 1.67 bits per heavy atom. The molecule has 3 aromatic rings. The van der Waals surface area contributed by atoms with Crippen molar-refractivity contribution < 1.29 is 4.79 Å². The average Bonchev–Trinajstić information content (AvgIpc) is 3.73. The Morgan fingerprint density at radius 3 is 2.33 bits per heavy atom. The highest BCUT2D eigenvalue weighted by atomic mass is 35.5. The number of nitrogens with one attached hydrogen (secondary N) is 1. The lowest BCUT2D eigenvalue weighted by atomic mass is 10.2. The normalized spacial score (nSPS) is 18.4. The summed E-state index contributed by atoms with van der Waals surface area (Å²) in [6, 6.07) is 14.4. The number of anilines is 5. The number of benzene rings is 2. The topological polar surface area (TPSA) is 67.8 Å². The fraction of sp³-hybridized carbons (Fsp3) is 0.346. The molecule has 0 bridgehead atoms. The van der Waals surface area contributed by atoms with Crippen molar-refractivity contribution in [2.75, 3.05) is 59.9 Å². The Bertz CT molecular complexity index is 1270. The SMILES string of the molecule is CN1CN(c2c(Cl)cccc2Cl)C(=O)c2cnc(Nc3ccc(N4CCN(C5CC5)CC4)cc3)nc21. The predicted molar refractivity (Wildman–Crippen MR) is 145 cm³/mol. The molecule has 3 heterocycles. The first-order valence-corrected chi connectivity index (χ1v) is 12.9. The monoisotopic (exact) mass is 523 g/mol. The molecule has 1 amide bonds. The van der Waals surface area contributed by atoms with E-state index < -0.39 is 0 Å². The van der Waals surface area contributed by atoms with Crippen molar-refractivity contribution in [3.8, 4) is 0 Å². The second kappa shape index (κ2) is 9.42. The highest BCUT2D eigenvalue weighted by Gasteiger charge is 2.33. The fourth-order valence-electron chi connectivity index (χ4n) is 4.95. The molecule has 186 valence electrons. The maximum atomic E-state index is 13.3. The first-order valence-electron chi connectivity index (χ1n) is 12.2. The van der Waals surface area contributed by atoms with Crippen LogP contribution in [0.3, 0.4) is 0 Å². The van der Waals surface area contributed by atoms with Gasteiger partial charge in [-0.3, -0.25) is 14.6 Å². The van der Waals surface area contributed by atoms with Gasteiger partial charge in [-0.2, -0.15) is 4.98 Å². The third-order valence-electron chi connectivity index (χ3n) is 7.03. The Hall–Kier alpha value is -3.07. The van der Waals surface area contributed by atoms with Crippen LogP contribution in [0.2, 0.25) is 10.0 Å². The Balaban J connectivity index is 1.16. The van der Waals surface area contributed by atoms with Crippen molar-refractivity contribution in [2.45, 2.75) is 18.9 Å². The van der Waals surface area contributed by atoms with E-state index in [0.717, 1.165) is 37.9 Å². The summed E-state index contributed by atoms with van der Waals surface area (Å²) in [6.07, 6.45) is 4.28. The van der Waals surface area contributed by atoms with Gasteiger partial charge in [0, 0.05) is 56.8 Å². The highest BCUT2D eigenvalue weighted by molar-refractivity contribution is 6.40. The number of piperazine rings is 1. The Morgan fingerprint density at radius 1 is 0.972 bits per heavy atom. The van der Waals surface area contributed by atoms with Crippen molar-refractivity contribution in [3.05, 3.63) is 64.3 Å². The molecule has 2 aromatic carbocycles. The summed E-state index contributed by atoms with van der Waals surface area (Å²) >= 11 is 12.7. The van der Waals surface area contributed by atoms with Gasteiger partial charge in [0.25, 0.3) is 5.91 Å². The second-order valence-electron chi connectivity index (χ2n) is 9.50. The van der Waals surface area contributed by atoms with Crippen molar-refractivity contribution in [1.82, 2.24) is 14.9 Å². The van der Waals surface area contributed by atoms with Crippen molar-refractivity contribution >= 4 is 57.9 Å². The van der Waals surface area contributed by atoms with Crippen LogP contribution >= 0.6 is 23.2 Å².